The van der Waals surface area contributed by atoms with E-state index in [1.165, 1.54) is 0 Å². The zero-order valence-corrected chi connectivity index (χ0v) is 14.3. The molecule has 2 aromatic rings. The van der Waals surface area contributed by atoms with Crippen LogP contribution in [0.15, 0.2) is 28.8 Å². The van der Waals surface area contributed by atoms with E-state index in [1.807, 2.05) is 45.0 Å². The van der Waals surface area contributed by atoms with Gasteiger partial charge in [0.1, 0.15) is 0 Å². The van der Waals surface area contributed by atoms with E-state index in [-0.39, 0.29) is 24.0 Å². The third-order valence-corrected chi connectivity index (χ3v) is 4.23. The molecule has 2 heterocycles. The molecule has 1 aliphatic rings. The summed E-state index contributed by atoms with van der Waals surface area (Å²) in [6.45, 7) is 6.90. The number of rotatable bonds is 4. The van der Waals surface area contributed by atoms with Crippen LogP contribution < -0.4 is 5.32 Å². The molecule has 6 nitrogen and oxygen atoms in total. The van der Waals surface area contributed by atoms with Crippen molar-refractivity contribution < 1.29 is 14.1 Å². The first-order valence-electron chi connectivity index (χ1n) is 8.24. The number of carbonyl (C=O) groups excluding carboxylic acids is 1. The van der Waals surface area contributed by atoms with Crippen molar-refractivity contribution in [3.63, 3.8) is 0 Å². The van der Waals surface area contributed by atoms with E-state index in [2.05, 4.69) is 15.5 Å². The molecule has 128 valence electrons. The summed E-state index contributed by atoms with van der Waals surface area (Å²) >= 11 is 0. The Balaban J connectivity index is 1.58. The van der Waals surface area contributed by atoms with Gasteiger partial charge in [0.15, 0.2) is 0 Å². The summed E-state index contributed by atoms with van der Waals surface area (Å²) in [4.78, 5) is 16.7. The van der Waals surface area contributed by atoms with E-state index in [1.54, 1.807) is 0 Å². The largest absolute Gasteiger partial charge is 0.376 e. The van der Waals surface area contributed by atoms with Crippen molar-refractivity contribution in [1.82, 2.24) is 15.5 Å². The maximum absolute atomic E-state index is 12.3. The number of nitrogens with zero attached hydrogens (tertiary/aromatic N) is 2. The maximum Gasteiger partial charge on any atom is 0.246 e. The molecule has 24 heavy (non-hydrogen) atoms. The number of ether oxygens (including phenoxy) is 1. The predicted molar refractivity (Wildman–Crippen MR) is 89.1 cm³/mol. The van der Waals surface area contributed by atoms with Crippen molar-refractivity contribution in [2.45, 2.75) is 45.8 Å². The number of amides is 1. The highest BCUT2D eigenvalue weighted by molar-refractivity contribution is 5.78. The fourth-order valence-electron chi connectivity index (χ4n) is 2.99. The Morgan fingerprint density at radius 2 is 2.25 bits per heavy atom. The molecule has 0 bridgehead atoms. The van der Waals surface area contributed by atoms with Crippen molar-refractivity contribution in [1.29, 1.82) is 0 Å². The first-order valence-corrected chi connectivity index (χ1v) is 8.24. The topological polar surface area (TPSA) is 77.2 Å². The standard InChI is InChI=1S/C18H23N3O3/c1-12-5-4-6-13(9-12)16-20-15(24-21-16)11-19-17(22)14-7-8-23-18(2,3)10-14/h4-6,9,14H,7-8,10-11H2,1-3H3,(H,19,22)/t14-/m1/s1. The van der Waals surface area contributed by atoms with Crippen LogP contribution in [0.3, 0.4) is 0 Å². The Kier molecular flexibility index (Phi) is 4.66. The maximum atomic E-state index is 12.3. The number of benzene rings is 1. The van der Waals surface area contributed by atoms with Gasteiger partial charge in [-0.3, -0.25) is 4.79 Å². The van der Waals surface area contributed by atoms with Gasteiger partial charge in [-0.05, 0) is 39.7 Å². The molecule has 0 unspecified atom stereocenters. The second-order valence-corrected chi connectivity index (χ2v) is 6.90. The summed E-state index contributed by atoms with van der Waals surface area (Å²) in [7, 11) is 0. The molecule has 0 radical (unpaired) electrons. The molecular formula is C18H23N3O3. The Labute approximate surface area is 141 Å². The van der Waals surface area contributed by atoms with Crippen molar-refractivity contribution in [2.75, 3.05) is 6.61 Å². The smallest absolute Gasteiger partial charge is 0.246 e. The van der Waals surface area contributed by atoms with E-state index in [0.29, 0.717) is 18.3 Å². The van der Waals surface area contributed by atoms with Gasteiger partial charge in [-0.2, -0.15) is 4.98 Å². The average Bonchev–Trinajstić information content (AvgIpc) is 3.00. The van der Waals surface area contributed by atoms with Crippen LogP contribution in [0.5, 0.6) is 0 Å². The van der Waals surface area contributed by atoms with E-state index in [0.717, 1.165) is 24.0 Å². The lowest BCUT2D eigenvalue weighted by Gasteiger charge is -2.34. The number of aromatic nitrogens is 2. The monoisotopic (exact) mass is 329 g/mol. The minimum absolute atomic E-state index is 0.0154. The SMILES string of the molecule is Cc1cccc(-c2noc(CNC(=O)[C@@H]3CCOC(C)(C)C3)n2)c1. The molecule has 0 spiro atoms. The molecule has 1 amide bonds. The fraction of sp³-hybridized carbons (Fsp3) is 0.500. The van der Waals surface area contributed by atoms with Crippen LogP contribution in [0.2, 0.25) is 0 Å². The zero-order chi connectivity index (χ0) is 17.2. The normalized spacial score (nSPS) is 19.9. The van der Waals surface area contributed by atoms with Crippen molar-refractivity contribution >= 4 is 5.91 Å². The summed E-state index contributed by atoms with van der Waals surface area (Å²) < 4.78 is 10.9. The molecule has 0 aliphatic carbocycles. The third-order valence-electron chi connectivity index (χ3n) is 4.23. The summed E-state index contributed by atoms with van der Waals surface area (Å²) in [5.41, 5.74) is 1.79. The minimum atomic E-state index is -0.247. The lowest BCUT2D eigenvalue weighted by molar-refractivity contribution is -0.135. The van der Waals surface area contributed by atoms with Gasteiger partial charge < -0.3 is 14.6 Å². The first-order chi connectivity index (χ1) is 11.4. The number of hydrogen-bond donors (Lipinski definition) is 1. The van der Waals surface area contributed by atoms with E-state index >= 15 is 0 Å². The van der Waals surface area contributed by atoms with Gasteiger partial charge in [-0.1, -0.05) is 28.9 Å². The second kappa shape index (κ2) is 6.73. The Morgan fingerprint density at radius 1 is 1.42 bits per heavy atom. The summed E-state index contributed by atoms with van der Waals surface area (Å²) in [6.07, 6.45) is 1.46. The highest BCUT2D eigenvalue weighted by Gasteiger charge is 2.32. The molecule has 0 saturated carbocycles. The Bertz CT molecular complexity index is 724. The third kappa shape index (κ3) is 4.00. The van der Waals surface area contributed by atoms with Crippen molar-refractivity contribution in [3.05, 3.63) is 35.7 Å². The molecule has 1 aromatic heterocycles. The lowest BCUT2D eigenvalue weighted by Crippen LogP contribution is -2.41. The summed E-state index contributed by atoms with van der Waals surface area (Å²) in [5, 5.41) is 6.88. The van der Waals surface area contributed by atoms with Crippen LogP contribution in [-0.2, 0) is 16.1 Å². The Hall–Kier alpha value is -2.21. The van der Waals surface area contributed by atoms with Gasteiger partial charge in [-0.15, -0.1) is 0 Å². The first kappa shape index (κ1) is 16.6. The lowest BCUT2D eigenvalue weighted by atomic mass is 9.88. The van der Waals surface area contributed by atoms with Crippen molar-refractivity contribution in [2.24, 2.45) is 5.92 Å². The van der Waals surface area contributed by atoms with Gasteiger partial charge in [0.25, 0.3) is 0 Å². The van der Waals surface area contributed by atoms with E-state index < -0.39 is 0 Å². The highest BCUT2D eigenvalue weighted by atomic mass is 16.5. The molecule has 1 aromatic carbocycles. The van der Waals surface area contributed by atoms with Crippen LogP contribution in [-0.4, -0.2) is 28.3 Å². The molecule has 1 atom stereocenters. The van der Waals surface area contributed by atoms with Gasteiger partial charge in [-0.25, -0.2) is 0 Å². The molecule has 1 N–H and O–H groups in total. The van der Waals surface area contributed by atoms with Crippen molar-refractivity contribution in [3.8, 4) is 11.4 Å². The van der Waals surface area contributed by atoms with Crippen LogP contribution in [0.1, 0.15) is 38.1 Å². The van der Waals surface area contributed by atoms with E-state index in [9.17, 15) is 4.79 Å². The molecule has 6 heteroatoms. The average molecular weight is 329 g/mol. The summed E-state index contributed by atoms with van der Waals surface area (Å²) in [6, 6.07) is 7.90. The summed E-state index contributed by atoms with van der Waals surface area (Å²) in [5.74, 6) is 0.927. The predicted octanol–water partition coefficient (Wildman–Crippen LogP) is 2.87. The van der Waals surface area contributed by atoms with Gasteiger partial charge in [0.05, 0.1) is 12.1 Å². The zero-order valence-electron chi connectivity index (χ0n) is 14.3. The molecule has 1 saturated heterocycles. The molecule has 3 rings (SSSR count). The fourth-order valence-corrected chi connectivity index (χ4v) is 2.99. The van der Waals surface area contributed by atoms with Crippen LogP contribution >= 0.6 is 0 Å². The number of hydrogen-bond acceptors (Lipinski definition) is 5. The highest BCUT2D eigenvalue weighted by Crippen LogP contribution is 2.28. The van der Waals surface area contributed by atoms with E-state index in [4.69, 9.17) is 9.26 Å². The number of nitrogens with one attached hydrogen (secondary N) is 1. The van der Waals surface area contributed by atoms with Gasteiger partial charge >= 0.3 is 0 Å². The molecule has 1 fully saturated rings. The van der Waals surface area contributed by atoms with Gasteiger partial charge in [0.2, 0.25) is 17.6 Å². The van der Waals surface area contributed by atoms with Gasteiger partial charge in [0, 0.05) is 18.1 Å². The second-order valence-electron chi connectivity index (χ2n) is 6.90. The quantitative estimate of drug-likeness (QED) is 0.933. The Morgan fingerprint density at radius 3 is 3.00 bits per heavy atom. The number of carbonyl (C=O) groups is 1. The van der Waals surface area contributed by atoms with Crippen LogP contribution in [0.25, 0.3) is 11.4 Å². The molecular weight excluding hydrogens is 306 g/mol. The minimum Gasteiger partial charge on any atom is -0.376 e. The van der Waals surface area contributed by atoms with Crippen LogP contribution in [0, 0.1) is 12.8 Å². The van der Waals surface area contributed by atoms with Crippen LogP contribution in [0.4, 0.5) is 0 Å². The number of aryl methyl sites for hydroxylation is 1. The molecule has 1 aliphatic heterocycles.